The first-order chi connectivity index (χ1) is 11.3. The lowest BCUT2D eigenvalue weighted by Crippen LogP contribution is -2.20. The number of hydrogen-bond acceptors (Lipinski definition) is 2. The molecule has 132 valence electrons. The quantitative estimate of drug-likeness (QED) is 0.796. The highest BCUT2D eigenvalue weighted by atomic mass is 16.1. The molecule has 1 saturated carbocycles. The van der Waals surface area contributed by atoms with Gasteiger partial charge in [-0.2, -0.15) is 0 Å². The molecule has 2 N–H and O–H groups in total. The van der Waals surface area contributed by atoms with Crippen molar-refractivity contribution < 1.29 is 9.59 Å². The number of Topliss-reactive ketones (excluding diaryl/α,β-unsaturated/α-hetero) is 1. The van der Waals surface area contributed by atoms with Gasteiger partial charge in [0.15, 0.2) is 0 Å². The summed E-state index contributed by atoms with van der Waals surface area (Å²) in [4.78, 5) is 22.0. The number of primary amides is 1. The zero-order chi connectivity index (χ0) is 18.1. The molecule has 1 fully saturated rings. The summed E-state index contributed by atoms with van der Waals surface area (Å²) in [5, 5.41) is 0. The highest BCUT2D eigenvalue weighted by molar-refractivity contribution is 5.94. The number of ketones is 1. The van der Waals surface area contributed by atoms with Gasteiger partial charge in [0, 0.05) is 11.5 Å². The maximum atomic E-state index is 11.0. The predicted octanol–water partition coefficient (Wildman–Crippen LogP) is 4.70. The molecule has 1 aliphatic carbocycles. The van der Waals surface area contributed by atoms with E-state index in [-0.39, 0.29) is 5.91 Å². The molecule has 3 nitrogen and oxygen atoms in total. The summed E-state index contributed by atoms with van der Waals surface area (Å²) < 4.78 is 0. The molecule has 0 spiro atoms. The third-order valence-electron chi connectivity index (χ3n) is 4.77. The van der Waals surface area contributed by atoms with Gasteiger partial charge in [-0.25, -0.2) is 0 Å². The van der Waals surface area contributed by atoms with Crippen molar-refractivity contribution >= 4 is 11.7 Å². The van der Waals surface area contributed by atoms with Gasteiger partial charge in [0.2, 0.25) is 5.91 Å². The summed E-state index contributed by atoms with van der Waals surface area (Å²) in [5.41, 5.74) is 7.78. The fourth-order valence-electron chi connectivity index (χ4n) is 3.21. The molecule has 1 aromatic carbocycles. The van der Waals surface area contributed by atoms with Crippen molar-refractivity contribution in [2.24, 2.45) is 17.6 Å². The van der Waals surface area contributed by atoms with Crippen LogP contribution in [0.25, 0.3) is 0 Å². The molecule has 2 rings (SSSR count). The van der Waals surface area contributed by atoms with Gasteiger partial charge in [-0.3, -0.25) is 9.59 Å². The van der Waals surface area contributed by atoms with Crippen LogP contribution in [0.1, 0.15) is 68.8 Å². The van der Waals surface area contributed by atoms with E-state index >= 15 is 0 Å². The van der Waals surface area contributed by atoms with Crippen LogP contribution in [-0.2, 0) is 11.2 Å². The van der Waals surface area contributed by atoms with Crippen LogP contribution >= 0.6 is 0 Å². The van der Waals surface area contributed by atoms with E-state index in [1.165, 1.54) is 32.1 Å². The van der Waals surface area contributed by atoms with Crippen molar-refractivity contribution in [2.75, 3.05) is 0 Å². The molecule has 1 unspecified atom stereocenters. The Labute approximate surface area is 146 Å². The Morgan fingerprint density at radius 2 is 1.75 bits per heavy atom. The highest BCUT2D eigenvalue weighted by Gasteiger charge is 2.22. The normalized spacial score (nSPS) is 15.8. The lowest BCUT2D eigenvalue weighted by Gasteiger charge is -2.25. The SMILES string of the molecule is C=C(C)Cc1ccccc1C(N)=O.CC(=O)C(C)C1CCCCC1. The van der Waals surface area contributed by atoms with Crippen molar-refractivity contribution in [3.05, 3.63) is 47.5 Å². The first-order valence-electron chi connectivity index (χ1n) is 8.85. The fourth-order valence-corrected chi connectivity index (χ4v) is 3.21. The molecule has 24 heavy (non-hydrogen) atoms. The van der Waals surface area contributed by atoms with Gasteiger partial charge < -0.3 is 5.73 Å². The molecule has 0 bridgehead atoms. The standard InChI is InChI=1S/C11H13NO.C10H18O/c1-8(2)7-9-5-3-4-6-10(9)11(12)13;1-8(9(2)11)10-6-4-3-5-7-10/h3-6H,1,7H2,2H3,(H2,12,13);8,10H,3-7H2,1-2H3. The molecule has 0 aromatic heterocycles. The Balaban J connectivity index is 0.000000243. The first kappa shape index (κ1) is 20.1. The molecule has 0 saturated heterocycles. The van der Waals surface area contributed by atoms with Crippen LogP contribution in [-0.4, -0.2) is 11.7 Å². The fraction of sp³-hybridized carbons (Fsp3) is 0.524. The Morgan fingerprint density at radius 1 is 1.17 bits per heavy atom. The maximum Gasteiger partial charge on any atom is 0.248 e. The molecule has 1 aromatic rings. The van der Waals surface area contributed by atoms with E-state index in [2.05, 4.69) is 13.5 Å². The van der Waals surface area contributed by atoms with Crippen molar-refractivity contribution in [3.8, 4) is 0 Å². The third kappa shape index (κ3) is 6.69. The van der Waals surface area contributed by atoms with E-state index in [0.717, 1.165) is 11.1 Å². The zero-order valence-electron chi connectivity index (χ0n) is 15.3. The monoisotopic (exact) mass is 329 g/mol. The second kappa shape index (κ2) is 10.1. The molecule has 1 atom stereocenters. The molecular formula is C21H31NO2. The van der Waals surface area contributed by atoms with Gasteiger partial charge in [0.1, 0.15) is 5.78 Å². The summed E-state index contributed by atoms with van der Waals surface area (Å²) >= 11 is 0. The average Bonchev–Trinajstić information content (AvgIpc) is 2.55. The Kier molecular flexibility index (Phi) is 8.45. The van der Waals surface area contributed by atoms with E-state index < -0.39 is 0 Å². The second-order valence-corrected chi connectivity index (χ2v) is 6.95. The summed E-state index contributed by atoms with van der Waals surface area (Å²) in [6, 6.07) is 7.34. The topological polar surface area (TPSA) is 60.2 Å². The number of carbonyl (C=O) groups excluding carboxylic acids is 2. The molecule has 1 amide bonds. The lowest BCUT2D eigenvalue weighted by molar-refractivity contribution is -0.122. The van der Waals surface area contributed by atoms with E-state index in [1.54, 1.807) is 13.0 Å². The second-order valence-electron chi connectivity index (χ2n) is 6.95. The minimum Gasteiger partial charge on any atom is -0.366 e. The number of amides is 1. The third-order valence-corrected chi connectivity index (χ3v) is 4.77. The summed E-state index contributed by atoms with van der Waals surface area (Å²) in [6.07, 6.45) is 7.31. The molecule has 3 heteroatoms. The molecule has 0 heterocycles. The number of nitrogens with two attached hydrogens (primary N) is 1. The number of rotatable bonds is 5. The minimum absolute atomic E-state index is 0.315. The smallest absolute Gasteiger partial charge is 0.248 e. The maximum absolute atomic E-state index is 11.0. The van der Waals surface area contributed by atoms with Gasteiger partial charge in [-0.05, 0) is 50.7 Å². The van der Waals surface area contributed by atoms with E-state index in [4.69, 9.17) is 5.73 Å². The zero-order valence-corrected chi connectivity index (χ0v) is 15.3. The Morgan fingerprint density at radius 3 is 2.25 bits per heavy atom. The van der Waals surface area contributed by atoms with E-state index in [0.29, 0.717) is 29.6 Å². The number of hydrogen-bond donors (Lipinski definition) is 1. The number of benzene rings is 1. The van der Waals surface area contributed by atoms with E-state index in [9.17, 15) is 9.59 Å². The van der Waals surface area contributed by atoms with Crippen molar-refractivity contribution in [2.45, 2.75) is 59.3 Å². The van der Waals surface area contributed by atoms with Crippen molar-refractivity contribution in [3.63, 3.8) is 0 Å². The minimum atomic E-state index is -0.378. The van der Waals surface area contributed by atoms with Crippen molar-refractivity contribution in [1.82, 2.24) is 0 Å². The predicted molar refractivity (Wildman–Crippen MR) is 99.9 cm³/mol. The Hall–Kier alpha value is -1.90. The number of carbonyl (C=O) groups is 2. The molecule has 1 aliphatic rings. The lowest BCUT2D eigenvalue weighted by atomic mass is 9.79. The van der Waals surface area contributed by atoms with Crippen LogP contribution in [0.4, 0.5) is 0 Å². The largest absolute Gasteiger partial charge is 0.366 e. The van der Waals surface area contributed by atoms with Gasteiger partial charge in [0.05, 0.1) is 0 Å². The van der Waals surface area contributed by atoms with Crippen molar-refractivity contribution in [1.29, 1.82) is 0 Å². The van der Waals surface area contributed by atoms with Gasteiger partial charge >= 0.3 is 0 Å². The molecular weight excluding hydrogens is 298 g/mol. The summed E-state index contributed by atoms with van der Waals surface area (Å²) in [5.74, 6) is 1.00. The Bertz CT molecular complexity index is 571. The van der Waals surface area contributed by atoms with Crippen LogP contribution in [0.5, 0.6) is 0 Å². The van der Waals surface area contributed by atoms with Crippen LogP contribution in [0.3, 0.4) is 0 Å². The van der Waals surface area contributed by atoms with Crippen LogP contribution < -0.4 is 5.73 Å². The van der Waals surface area contributed by atoms with Crippen LogP contribution in [0.2, 0.25) is 0 Å². The van der Waals surface area contributed by atoms with Gasteiger partial charge in [-0.15, -0.1) is 0 Å². The van der Waals surface area contributed by atoms with E-state index in [1.807, 2.05) is 25.1 Å². The first-order valence-corrected chi connectivity index (χ1v) is 8.85. The molecule has 0 aliphatic heterocycles. The number of allylic oxidation sites excluding steroid dienone is 1. The van der Waals surface area contributed by atoms with Gasteiger partial charge in [-0.1, -0.05) is 56.5 Å². The van der Waals surface area contributed by atoms with Gasteiger partial charge in [0.25, 0.3) is 0 Å². The molecule has 0 radical (unpaired) electrons. The highest BCUT2D eigenvalue weighted by Crippen LogP contribution is 2.29. The van der Waals surface area contributed by atoms with Crippen LogP contribution in [0, 0.1) is 11.8 Å². The summed E-state index contributed by atoms with van der Waals surface area (Å²) in [6.45, 7) is 9.53. The average molecular weight is 329 g/mol. The van der Waals surface area contributed by atoms with Crippen LogP contribution in [0.15, 0.2) is 36.4 Å². The summed E-state index contributed by atoms with van der Waals surface area (Å²) in [7, 11) is 0.